The van der Waals surface area contributed by atoms with Crippen LogP contribution in [0.15, 0.2) is 71.6 Å². The molecule has 150 valence electrons. The number of anilines is 1. The van der Waals surface area contributed by atoms with E-state index in [0.717, 1.165) is 10.8 Å². The Hall–Kier alpha value is -2.77. The van der Waals surface area contributed by atoms with Crippen molar-refractivity contribution in [1.82, 2.24) is 4.31 Å². The van der Waals surface area contributed by atoms with E-state index in [2.05, 4.69) is 5.32 Å². The molecule has 3 aromatic carbocycles. The second kappa shape index (κ2) is 7.93. The van der Waals surface area contributed by atoms with Crippen LogP contribution >= 0.6 is 0 Å². The van der Waals surface area contributed by atoms with Gasteiger partial charge in [-0.3, -0.25) is 4.79 Å². The molecule has 0 saturated carbocycles. The standard InChI is InChI=1S/C22H21FN2O3S/c23-19-8-3-9-20(14-19)24-22(26)18-7-4-12-25(15-18)29(27,28)21-11-10-16-5-1-2-6-17(16)13-21/h1-3,5-6,8-11,13-14,18H,4,7,12,15H2,(H,24,26)/t18-/m1/s1. The lowest BCUT2D eigenvalue weighted by atomic mass is 9.99. The van der Waals surface area contributed by atoms with Gasteiger partial charge in [-0.15, -0.1) is 0 Å². The monoisotopic (exact) mass is 412 g/mol. The second-order valence-electron chi connectivity index (χ2n) is 7.21. The van der Waals surface area contributed by atoms with Crippen molar-refractivity contribution in [2.75, 3.05) is 18.4 Å². The van der Waals surface area contributed by atoms with E-state index >= 15 is 0 Å². The van der Waals surface area contributed by atoms with Crippen molar-refractivity contribution in [3.05, 3.63) is 72.5 Å². The summed E-state index contributed by atoms with van der Waals surface area (Å²) in [5.41, 5.74) is 0.365. The van der Waals surface area contributed by atoms with Gasteiger partial charge in [0.15, 0.2) is 0 Å². The van der Waals surface area contributed by atoms with Crippen molar-refractivity contribution in [1.29, 1.82) is 0 Å². The maximum absolute atomic E-state index is 13.3. The first-order chi connectivity index (χ1) is 13.9. The van der Waals surface area contributed by atoms with Crippen molar-refractivity contribution < 1.29 is 17.6 Å². The summed E-state index contributed by atoms with van der Waals surface area (Å²) in [6.45, 7) is 0.481. The molecule has 0 aromatic heterocycles. The van der Waals surface area contributed by atoms with Crippen LogP contribution in [0, 0.1) is 11.7 Å². The fraction of sp³-hybridized carbons (Fsp3) is 0.227. The van der Waals surface area contributed by atoms with Gasteiger partial charge in [-0.1, -0.05) is 36.4 Å². The third-order valence-corrected chi connectivity index (χ3v) is 7.07. The van der Waals surface area contributed by atoms with Gasteiger partial charge in [0.2, 0.25) is 15.9 Å². The van der Waals surface area contributed by atoms with Gasteiger partial charge in [-0.2, -0.15) is 4.31 Å². The summed E-state index contributed by atoms with van der Waals surface area (Å²) < 4.78 is 41.0. The Morgan fingerprint density at radius 1 is 1.00 bits per heavy atom. The Morgan fingerprint density at radius 2 is 1.79 bits per heavy atom. The fourth-order valence-electron chi connectivity index (χ4n) is 3.66. The van der Waals surface area contributed by atoms with Gasteiger partial charge in [0, 0.05) is 18.8 Å². The normalized spacial score (nSPS) is 17.9. The summed E-state index contributed by atoms with van der Waals surface area (Å²) in [6.07, 6.45) is 1.18. The molecule has 0 spiro atoms. The maximum atomic E-state index is 13.3. The minimum atomic E-state index is -3.71. The molecule has 0 radical (unpaired) electrons. The largest absolute Gasteiger partial charge is 0.326 e. The van der Waals surface area contributed by atoms with E-state index < -0.39 is 21.8 Å². The third-order valence-electron chi connectivity index (χ3n) is 5.21. The molecule has 1 aliphatic rings. The van der Waals surface area contributed by atoms with E-state index in [0.29, 0.717) is 25.1 Å². The number of amides is 1. The Balaban J connectivity index is 1.52. The zero-order valence-electron chi connectivity index (χ0n) is 15.7. The number of rotatable bonds is 4. The first-order valence-corrected chi connectivity index (χ1v) is 10.9. The predicted octanol–water partition coefficient (Wildman–Crippen LogP) is 4.02. The minimum absolute atomic E-state index is 0.107. The third kappa shape index (κ3) is 4.16. The highest BCUT2D eigenvalue weighted by Crippen LogP contribution is 2.27. The number of halogens is 1. The zero-order valence-corrected chi connectivity index (χ0v) is 16.5. The van der Waals surface area contributed by atoms with Crippen LogP contribution in [0.3, 0.4) is 0 Å². The molecule has 1 aliphatic heterocycles. The summed E-state index contributed by atoms with van der Waals surface area (Å²) in [6, 6.07) is 18.3. The minimum Gasteiger partial charge on any atom is -0.326 e. The lowest BCUT2D eigenvalue weighted by molar-refractivity contribution is -0.120. The van der Waals surface area contributed by atoms with Crippen molar-refractivity contribution >= 4 is 32.4 Å². The molecule has 29 heavy (non-hydrogen) atoms. The average molecular weight is 412 g/mol. The molecular weight excluding hydrogens is 391 g/mol. The lowest BCUT2D eigenvalue weighted by Gasteiger charge is -2.31. The van der Waals surface area contributed by atoms with E-state index in [1.807, 2.05) is 24.3 Å². The van der Waals surface area contributed by atoms with E-state index in [-0.39, 0.29) is 17.3 Å². The molecular formula is C22H21FN2O3S. The van der Waals surface area contributed by atoms with Crippen LogP contribution in [-0.4, -0.2) is 31.7 Å². The molecule has 5 nitrogen and oxygen atoms in total. The average Bonchev–Trinajstić information content (AvgIpc) is 2.73. The molecule has 3 aromatic rings. The molecule has 7 heteroatoms. The van der Waals surface area contributed by atoms with Gasteiger partial charge >= 0.3 is 0 Å². The van der Waals surface area contributed by atoms with E-state index in [4.69, 9.17) is 0 Å². The van der Waals surface area contributed by atoms with Crippen LogP contribution < -0.4 is 5.32 Å². The van der Waals surface area contributed by atoms with Crippen LogP contribution in [-0.2, 0) is 14.8 Å². The van der Waals surface area contributed by atoms with E-state index in [1.54, 1.807) is 24.3 Å². The van der Waals surface area contributed by atoms with E-state index in [9.17, 15) is 17.6 Å². The van der Waals surface area contributed by atoms with Crippen LogP contribution in [0.5, 0.6) is 0 Å². The second-order valence-corrected chi connectivity index (χ2v) is 9.15. The number of piperidine rings is 1. The molecule has 1 saturated heterocycles. The highest BCUT2D eigenvalue weighted by Gasteiger charge is 2.33. The van der Waals surface area contributed by atoms with Crippen LogP contribution in [0.25, 0.3) is 10.8 Å². The van der Waals surface area contributed by atoms with Crippen molar-refractivity contribution in [3.63, 3.8) is 0 Å². The number of hydrogen-bond donors (Lipinski definition) is 1. The van der Waals surface area contributed by atoms with Crippen LogP contribution in [0.4, 0.5) is 10.1 Å². The Kier molecular flexibility index (Phi) is 5.34. The Bertz CT molecular complexity index is 1160. The molecule has 1 atom stereocenters. The van der Waals surface area contributed by atoms with Gasteiger partial charge in [0.1, 0.15) is 5.82 Å². The number of fused-ring (bicyclic) bond motifs is 1. The summed E-state index contributed by atoms with van der Waals surface area (Å²) in [4.78, 5) is 12.8. The molecule has 1 heterocycles. The Morgan fingerprint density at radius 3 is 2.59 bits per heavy atom. The number of nitrogens with zero attached hydrogens (tertiary/aromatic N) is 1. The summed E-state index contributed by atoms with van der Waals surface area (Å²) in [5, 5.41) is 4.51. The maximum Gasteiger partial charge on any atom is 0.243 e. The number of carbonyl (C=O) groups excluding carboxylic acids is 1. The number of sulfonamides is 1. The fourth-order valence-corrected chi connectivity index (χ4v) is 5.22. The molecule has 4 rings (SSSR count). The number of benzene rings is 3. The molecule has 1 amide bonds. The zero-order chi connectivity index (χ0) is 20.4. The topological polar surface area (TPSA) is 66.5 Å². The van der Waals surface area contributed by atoms with Gasteiger partial charge in [-0.25, -0.2) is 12.8 Å². The smallest absolute Gasteiger partial charge is 0.243 e. The van der Waals surface area contributed by atoms with Crippen molar-refractivity contribution in [3.8, 4) is 0 Å². The van der Waals surface area contributed by atoms with Crippen molar-refractivity contribution in [2.24, 2.45) is 5.92 Å². The van der Waals surface area contributed by atoms with Gasteiger partial charge < -0.3 is 5.32 Å². The first kappa shape index (κ1) is 19.5. The molecule has 0 bridgehead atoms. The van der Waals surface area contributed by atoms with Crippen LogP contribution in [0.2, 0.25) is 0 Å². The van der Waals surface area contributed by atoms with Crippen molar-refractivity contribution in [2.45, 2.75) is 17.7 Å². The lowest BCUT2D eigenvalue weighted by Crippen LogP contribution is -2.43. The summed E-state index contributed by atoms with van der Waals surface area (Å²) in [7, 11) is -3.71. The SMILES string of the molecule is O=C(Nc1cccc(F)c1)[C@@H]1CCCN(S(=O)(=O)c2ccc3ccccc3c2)C1. The van der Waals surface area contributed by atoms with Crippen LogP contribution in [0.1, 0.15) is 12.8 Å². The molecule has 0 unspecified atom stereocenters. The highest BCUT2D eigenvalue weighted by atomic mass is 32.2. The van der Waals surface area contributed by atoms with Gasteiger partial charge in [0.05, 0.1) is 10.8 Å². The summed E-state index contributed by atoms with van der Waals surface area (Å²) in [5.74, 6) is -1.22. The first-order valence-electron chi connectivity index (χ1n) is 9.49. The Labute approximate surface area is 169 Å². The number of nitrogens with one attached hydrogen (secondary N) is 1. The molecule has 1 N–H and O–H groups in total. The predicted molar refractivity (Wildman–Crippen MR) is 110 cm³/mol. The summed E-state index contributed by atoms with van der Waals surface area (Å²) >= 11 is 0. The number of carbonyl (C=O) groups is 1. The quantitative estimate of drug-likeness (QED) is 0.704. The van der Waals surface area contributed by atoms with Gasteiger partial charge in [0.25, 0.3) is 0 Å². The van der Waals surface area contributed by atoms with E-state index in [1.165, 1.54) is 22.5 Å². The van der Waals surface area contributed by atoms with Gasteiger partial charge in [-0.05, 0) is 53.9 Å². The number of hydrogen-bond acceptors (Lipinski definition) is 3. The molecule has 1 fully saturated rings. The highest BCUT2D eigenvalue weighted by molar-refractivity contribution is 7.89. The molecule has 0 aliphatic carbocycles.